The van der Waals surface area contributed by atoms with Crippen molar-refractivity contribution in [1.29, 1.82) is 0 Å². The van der Waals surface area contributed by atoms with E-state index in [0.717, 1.165) is 11.4 Å². The third-order valence-electron chi connectivity index (χ3n) is 7.14. The van der Waals surface area contributed by atoms with Crippen LogP contribution in [0.1, 0.15) is 50.7 Å². The van der Waals surface area contributed by atoms with Crippen LogP contribution in [0.3, 0.4) is 0 Å². The van der Waals surface area contributed by atoms with Gasteiger partial charge in [-0.15, -0.1) is 69.1 Å². The van der Waals surface area contributed by atoms with Gasteiger partial charge in [-0.05, 0) is 48.2 Å². The third kappa shape index (κ3) is 11.1. The topological polar surface area (TPSA) is 25.8 Å². The molecular weight excluding hydrogens is 719 g/mol. The number of hydrogen-bond donors (Lipinski definition) is 0. The van der Waals surface area contributed by atoms with Gasteiger partial charge in [-0.25, -0.2) is 0 Å². The van der Waals surface area contributed by atoms with E-state index in [-0.39, 0.29) is 0 Å². The minimum absolute atomic E-state index is 0.500. The summed E-state index contributed by atoms with van der Waals surface area (Å²) in [7, 11) is 9.87. The fraction of sp³-hybridized carbons (Fsp3) is 0.263. The summed E-state index contributed by atoms with van der Waals surface area (Å²) in [5, 5.41) is 5.31. The fourth-order valence-electron chi connectivity index (χ4n) is 5.13. The van der Waals surface area contributed by atoms with Crippen LogP contribution in [0.25, 0.3) is 44.1 Å². The SMILES string of the molecule is CCCCc1cc2c(-c3ccccn3)cccc2[cH-]1.CCCCc1cc2c(-c3ccccn3)cccc2[cH-]1.[CH3][Ge][CH3].[Cl][Zr+2][Cl]. The zero-order chi connectivity index (χ0) is 31.6. The van der Waals surface area contributed by atoms with Gasteiger partial charge < -0.3 is 0 Å². The van der Waals surface area contributed by atoms with Crippen molar-refractivity contribution in [2.45, 2.75) is 63.9 Å². The Morgan fingerprint density at radius 2 is 1.05 bits per heavy atom. The van der Waals surface area contributed by atoms with E-state index >= 15 is 0 Å². The first-order chi connectivity index (χ1) is 21.6. The molecule has 226 valence electrons. The summed E-state index contributed by atoms with van der Waals surface area (Å²) >= 11 is -0.326. The summed E-state index contributed by atoms with van der Waals surface area (Å²) < 4.78 is 0. The Morgan fingerprint density at radius 3 is 1.39 bits per heavy atom. The van der Waals surface area contributed by atoms with Gasteiger partial charge in [-0.2, -0.15) is 12.1 Å². The second-order valence-electron chi connectivity index (χ2n) is 10.6. The van der Waals surface area contributed by atoms with Gasteiger partial charge in [0.15, 0.2) is 0 Å². The number of pyridine rings is 2. The molecule has 2 heterocycles. The molecule has 6 rings (SSSR count). The average molecular weight is 762 g/mol. The Morgan fingerprint density at radius 1 is 0.636 bits per heavy atom. The van der Waals surface area contributed by atoms with Crippen molar-refractivity contribution in [1.82, 2.24) is 9.97 Å². The second-order valence-corrected chi connectivity index (χ2v) is 16.4. The number of rotatable bonds is 8. The van der Waals surface area contributed by atoms with E-state index in [2.05, 4.69) is 108 Å². The van der Waals surface area contributed by atoms with Gasteiger partial charge in [0.1, 0.15) is 0 Å². The van der Waals surface area contributed by atoms with Gasteiger partial charge in [0.05, 0.1) is 11.4 Å². The summed E-state index contributed by atoms with van der Waals surface area (Å²) in [5.74, 6) is 4.50. The Kier molecular flexibility index (Phi) is 17.3. The molecule has 0 bridgehead atoms. The van der Waals surface area contributed by atoms with E-state index < -0.39 is 20.8 Å². The van der Waals surface area contributed by atoms with Crippen LogP contribution in [0.5, 0.6) is 0 Å². The zero-order valence-corrected chi connectivity index (χ0v) is 32.4. The molecule has 0 saturated heterocycles. The van der Waals surface area contributed by atoms with Crippen molar-refractivity contribution in [3.05, 3.63) is 121 Å². The van der Waals surface area contributed by atoms with Crippen molar-refractivity contribution >= 4 is 54.0 Å². The number of halogens is 2. The minimum atomic E-state index is -0.826. The first-order valence-electron chi connectivity index (χ1n) is 15.3. The molecular formula is C38H42Cl2GeN2Zr. The van der Waals surface area contributed by atoms with Crippen LogP contribution in [-0.2, 0) is 33.7 Å². The van der Waals surface area contributed by atoms with Crippen LogP contribution in [-0.4, -0.2) is 25.4 Å². The molecule has 6 aromatic rings. The molecule has 0 N–H and O–H groups in total. The van der Waals surface area contributed by atoms with Crippen LogP contribution in [0, 0.1) is 0 Å². The Hall–Kier alpha value is -2.03. The van der Waals surface area contributed by atoms with Gasteiger partial charge in [-0.3, -0.25) is 9.97 Å². The molecule has 0 spiro atoms. The molecule has 2 aromatic heterocycles. The molecule has 44 heavy (non-hydrogen) atoms. The van der Waals surface area contributed by atoms with Gasteiger partial charge in [0.25, 0.3) is 0 Å². The number of benzene rings is 2. The monoisotopic (exact) mass is 760 g/mol. The molecule has 0 saturated carbocycles. The van der Waals surface area contributed by atoms with Crippen molar-refractivity contribution in [3.63, 3.8) is 0 Å². The molecule has 0 aliphatic carbocycles. The number of aryl methyl sites for hydroxylation is 2. The van der Waals surface area contributed by atoms with Crippen molar-refractivity contribution < 1.29 is 20.8 Å². The summed E-state index contributed by atoms with van der Waals surface area (Å²) in [6.07, 6.45) is 11.1. The average Bonchev–Trinajstić information content (AvgIpc) is 3.68. The summed E-state index contributed by atoms with van der Waals surface area (Å²) in [4.78, 5) is 8.94. The predicted octanol–water partition coefficient (Wildman–Crippen LogP) is 12.1. The van der Waals surface area contributed by atoms with Gasteiger partial charge in [0.2, 0.25) is 0 Å². The van der Waals surface area contributed by atoms with E-state index in [1.54, 1.807) is 0 Å². The molecule has 0 aliphatic heterocycles. The molecule has 0 aliphatic rings. The van der Waals surface area contributed by atoms with Crippen LogP contribution >= 0.6 is 17.0 Å². The Labute approximate surface area is 289 Å². The second kappa shape index (κ2) is 20.9. The molecule has 4 aromatic carbocycles. The molecule has 6 heteroatoms. The number of nitrogens with zero attached hydrogens (tertiary/aromatic N) is 2. The number of hydrogen-bond acceptors (Lipinski definition) is 2. The maximum atomic E-state index is 4.93. The fourth-order valence-corrected chi connectivity index (χ4v) is 5.13. The van der Waals surface area contributed by atoms with Crippen LogP contribution < -0.4 is 0 Å². The predicted molar refractivity (Wildman–Crippen MR) is 192 cm³/mol. The van der Waals surface area contributed by atoms with Gasteiger partial charge in [0, 0.05) is 12.4 Å². The molecule has 2 nitrogen and oxygen atoms in total. The summed E-state index contributed by atoms with van der Waals surface area (Å²) in [6, 6.07) is 34.4. The zero-order valence-electron chi connectivity index (χ0n) is 26.3. The Balaban J connectivity index is 0.000000204. The normalized spacial score (nSPS) is 10.1. The van der Waals surface area contributed by atoms with Crippen molar-refractivity contribution in [3.8, 4) is 22.5 Å². The molecule has 0 unspecified atom stereocenters. The van der Waals surface area contributed by atoms with Crippen LogP contribution in [0.15, 0.2) is 109 Å². The van der Waals surface area contributed by atoms with E-state index in [1.807, 2.05) is 36.7 Å². The standard InChI is InChI=1S/2C18H18N.C2H6Ge.2ClH.Zr/c2*1-2-3-7-14-12-15-8-6-9-16(17(15)13-14)18-10-4-5-11-19-18;1-3-2;;;/h2*4-6,8-13H,2-3,7H2,1H3;1-2H3;2*1H;/q2*-1;;;;+4/p-2. The van der Waals surface area contributed by atoms with E-state index in [4.69, 9.17) is 17.0 Å². The molecule has 0 amide bonds. The first-order valence-corrected chi connectivity index (χ1v) is 25.9. The third-order valence-corrected chi connectivity index (χ3v) is 7.14. The maximum absolute atomic E-state index is 4.93. The number of fused-ring (bicyclic) bond motifs is 2. The summed E-state index contributed by atoms with van der Waals surface area (Å²) in [6.45, 7) is 4.48. The quantitative estimate of drug-likeness (QED) is 0.114. The first kappa shape index (κ1) is 36.4. The Bertz CT molecular complexity index is 1510. The van der Waals surface area contributed by atoms with Crippen molar-refractivity contribution in [2.24, 2.45) is 0 Å². The van der Waals surface area contributed by atoms with Gasteiger partial charge in [-0.1, -0.05) is 63.8 Å². The summed E-state index contributed by atoms with van der Waals surface area (Å²) in [5.41, 5.74) is 7.48. The van der Waals surface area contributed by atoms with Crippen molar-refractivity contribution in [2.75, 3.05) is 0 Å². The van der Waals surface area contributed by atoms with E-state index in [0.29, 0.717) is 15.4 Å². The number of aromatic nitrogens is 2. The van der Waals surface area contributed by atoms with E-state index in [9.17, 15) is 0 Å². The molecule has 2 radical (unpaired) electrons. The van der Waals surface area contributed by atoms with Gasteiger partial charge >= 0.3 is 64.8 Å². The van der Waals surface area contributed by atoms with Crippen LogP contribution in [0.2, 0.25) is 11.5 Å². The molecule has 0 atom stereocenters. The van der Waals surface area contributed by atoms with E-state index in [1.165, 1.54) is 82.3 Å². The number of unbranched alkanes of at least 4 members (excludes halogenated alkanes) is 2. The van der Waals surface area contributed by atoms with Crippen LogP contribution in [0.4, 0.5) is 0 Å². The molecule has 0 fully saturated rings.